The van der Waals surface area contributed by atoms with Crippen LogP contribution < -0.4 is 16.4 Å². The van der Waals surface area contributed by atoms with Gasteiger partial charge in [0.25, 0.3) is 5.91 Å². The summed E-state index contributed by atoms with van der Waals surface area (Å²) in [5.41, 5.74) is 7.07. The van der Waals surface area contributed by atoms with Crippen LogP contribution >= 0.6 is 0 Å². The second kappa shape index (κ2) is 8.30. The Bertz CT molecular complexity index is 825. The molecule has 1 aliphatic carbocycles. The maximum absolute atomic E-state index is 12.8. The van der Waals surface area contributed by atoms with Crippen molar-refractivity contribution in [2.45, 2.75) is 58.0 Å². The number of aryl methyl sites for hydroxylation is 1. The molecule has 0 bridgehead atoms. The van der Waals surface area contributed by atoms with Crippen molar-refractivity contribution < 1.29 is 14.1 Å². The van der Waals surface area contributed by atoms with Gasteiger partial charge in [-0.05, 0) is 31.9 Å². The van der Waals surface area contributed by atoms with E-state index in [-0.39, 0.29) is 17.9 Å². The zero-order valence-electron chi connectivity index (χ0n) is 15.6. The van der Waals surface area contributed by atoms with Gasteiger partial charge < -0.3 is 20.9 Å². The zero-order valence-corrected chi connectivity index (χ0v) is 15.6. The number of nitrogens with one attached hydrogen (secondary N) is 2. The summed E-state index contributed by atoms with van der Waals surface area (Å²) >= 11 is 0. The van der Waals surface area contributed by atoms with E-state index in [2.05, 4.69) is 20.8 Å². The second-order valence-electron chi connectivity index (χ2n) is 6.98. The number of anilines is 1. The van der Waals surface area contributed by atoms with Crippen molar-refractivity contribution in [3.63, 3.8) is 0 Å². The third-order valence-corrected chi connectivity index (χ3v) is 4.66. The zero-order chi connectivity index (χ0) is 19.4. The van der Waals surface area contributed by atoms with Crippen molar-refractivity contribution in [3.05, 3.63) is 29.7 Å². The number of carbonyl (C=O) groups is 2. The molecule has 0 spiro atoms. The van der Waals surface area contributed by atoms with Crippen molar-refractivity contribution >= 4 is 17.5 Å². The predicted octanol–water partition coefficient (Wildman–Crippen LogP) is 2.39. The van der Waals surface area contributed by atoms with Gasteiger partial charge in [-0.15, -0.1) is 0 Å². The number of aromatic nitrogens is 2. The molecule has 1 heterocycles. The molecule has 27 heavy (non-hydrogen) atoms. The minimum atomic E-state index is -0.699. The molecular formula is C19H25N5O3. The molecule has 144 valence electrons. The van der Waals surface area contributed by atoms with Crippen LogP contribution in [0.3, 0.4) is 0 Å². The van der Waals surface area contributed by atoms with Crippen LogP contribution in [0.2, 0.25) is 0 Å². The first-order chi connectivity index (χ1) is 12.9. The third kappa shape index (κ3) is 4.71. The number of amides is 2. The predicted molar refractivity (Wildman–Crippen MR) is 101 cm³/mol. The summed E-state index contributed by atoms with van der Waals surface area (Å²) in [5, 5.41) is 9.69. The summed E-state index contributed by atoms with van der Waals surface area (Å²) in [6.07, 6.45) is 5.41. The molecule has 0 aliphatic heterocycles. The van der Waals surface area contributed by atoms with Gasteiger partial charge in [0.2, 0.25) is 17.6 Å². The number of benzene rings is 1. The van der Waals surface area contributed by atoms with E-state index in [4.69, 9.17) is 10.3 Å². The Morgan fingerprint density at radius 3 is 2.63 bits per heavy atom. The second-order valence-corrected chi connectivity index (χ2v) is 6.98. The molecule has 2 amide bonds. The summed E-state index contributed by atoms with van der Waals surface area (Å²) in [4.78, 5) is 29.1. The van der Waals surface area contributed by atoms with E-state index >= 15 is 0 Å². The molecule has 1 aromatic heterocycles. The van der Waals surface area contributed by atoms with E-state index < -0.39 is 6.04 Å². The number of rotatable bonds is 5. The Morgan fingerprint density at radius 2 is 2.00 bits per heavy atom. The quantitative estimate of drug-likeness (QED) is 0.741. The molecule has 3 rings (SSSR count). The van der Waals surface area contributed by atoms with Crippen LogP contribution in [0.15, 0.2) is 22.7 Å². The van der Waals surface area contributed by atoms with E-state index in [1.807, 2.05) is 0 Å². The first-order valence-corrected chi connectivity index (χ1v) is 9.26. The highest BCUT2D eigenvalue weighted by Crippen LogP contribution is 2.25. The monoisotopic (exact) mass is 371 g/mol. The number of hydrogen-bond donors (Lipinski definition) is 3. The molecular weight excluding hydrogens is 346 g/mol. The van der Waals surface area contributed by atoms with Gasteiger partial charge >= 0.3 is 0 Å². The highest BCUT2D eigenvalue weighted by molar-refractivity contribution is 6.05. The molecule has 0 radical (unpaired) electrons. The topological polar surface area (TPSA) is 123 Å². The maximum atomic E-state index is 12.8. The van der Waals surface area contributed by atoms with E-state index in [1.165, 1.54) is 6.42 Å². The Hall–Kier alpha value is -2.74. The SMILES string of the molecule is Cc1nc(-c2ccc(C(=O)NC3CCCCC3)c(NC(=O)C(C)N)c2)no1. The minimum absolute atomic E-state index is 0.169. The molecule has 0 saturated heterocycles. The van der Waals surface area contributed by atoms with Crippen molar-refractivity contribution in [2.75, 3.05) is 5.32 Å². The van der Waals surface area contributed by atoms with Crippen molar-refractivity contribution in [1.82, 2.24) is 15.5 Å². The average Bonchev–Trinajstić information content (AvgIpc) is 3.08. The summed E-state index contributed by atoms with van der Waals surface area (Å²) in [6, 6.07) is 4.54. The molecule has 1 saturated carbocycles. The minimum Gasteiger partial charge on any atom is -0.349 e. The van der Waals surface area contributed by atoms with Crippen molar-refractivity contribution in [1.29, 1.82) is 0 Å². The lowest BCUT2D eigenvalue weighted by molar-refractivity contribution is -0.117. The Morgan fingerprint density at radius 1 is 1.26 bits per heavy atom. The number of hydrogen-bond acceptors (Lipinski definition) is 6. The van der Waals surface area contributed by atoms with E-state index in [0.29, 0.717) is 28.5 Å². The van der Waals surface area contributed by atoms with E-state index in [9.17, 15) is 9.59 Å². The van der Waals surface area contributed by atoms with Gasteiger partial charge in [-0.1, -0.05) is 30.5 Å². The fourth-order valence-electron chi connectivity index (χ4n) is 3.16. The number of nitrogens with two attached hydrogens (primary N) is 1. The van der Waals surface area contributed by atoms with Gasteiger partial charge in [0.05, 0.1) is 17.3 Å². The largest absolute Gasteiger partial charge is 0.349 e. The first-order valence-electron chi connectivity index (χ1n) is 9.26. The van der Waals surface area contributed by atoms with Crippen LogP contribution in [0, 0.1) is 6.92 Å². The molecule has 1 atom stereocenters. The van der Waals surface area contributed by atoms with E-state index in [1.54, 1.807) is 32.0 Å². The van der Waals surface area contributed by atoms with Gasteiger partial charge in [0.1, 0.15) is 0 Å². The molecule has 8 heteroatoms. The van der Waals surface area contributed by atoms with Crippen LogP contribution in [0.5, 0.6) is 0 Å². The summed E-state index contributed by atoms with van der Waals surface area (Å²) < 4.78 is 5.01. The van der Waals surface area contributed by atoms with Crippen LogP contribution in [-0.2, 0) is 4.79 Å². The van der Waals surface area contributed by atoms with Crippen LogP contribution in [-0.4, -0.2) is 34.0 Å². The lowest BCUT2D eigenvalue weighted by atomic mass is 9.95. The molecule has 2 aromatic rings. The molecule has 1 unspecified atom stereocenters. The van der Waals surface area contributed by atoms with Gasteiger partial charge in [-0.3, -0.25) is 9.59 Å². The Kier molecular flexibility index (Phi) is 5.85. The van der Waals surface area contributed by atoms with Crippen molar-refractivity contribution in [2.24, 2.45) is 5.73 Å². The first kappa shape index (κ1) is 19.0. The highest BCUT2D eigenvalue weighted by atomic mass is 16.5. The maximum Gasteiger partial charge on any atom is 0.253 e. The number of carbonyl (C=O) groups excluding carboxylic acids is 2. The summed E-state index contributed by atoms with van der Waals surface area (Å²) in [6.45, 7) is 3.28. The highest BCUT2D eigenvalue weighted by Gasteiger charge is 2.21. The van der Waals surface area contributed by atoms with Gasteiger partial charge in [-0.2, -0.15) is 4.98 Å². The molecule has 1 aliphatic rings. The van der Waals surface area contributed by atoms with Crippen LogP contribution in [0.4, 0.5) is 5.69 Å². The summed E-state index contributed by atoms with van der Waals surface area (Å²) in [7, 11) is 0. The fourth-order valence-corrected chi connectivity index (χ4v) is 3.16. The lowest BCUT2D eigenvalue weighted by Gasteiger charge is -2.23. The molecule has 1 fully saturated rings. The average molecular weight is 371 g/mol. The van der Waals surface area contributed by atoms with E-state index in [0.717, 1.165) is 25.7 Å². The van der Waals surface area contributed by atoms with Gasteiger partial charge in [0, 0.05) is 18.5 Å². The lowest BCUT2D eigenvalue weighted by Crippen LogP contribution is -2.37. The van der Waals surface area contributed by atoms with Crippen LogP contribution in [0.25, 0.3) is 11.4 Å². The van der Waals surface area contributed by atoms with Gasteiger partial charge in [-0.25, -0.2) is 0 Å². The fraction of sp³-hybridized carbons (Fsp3) is 0.474. The van der Waals surface area contributed by atoms with Crippen molar-refractivity contribution in [3.8, 4) is 11.4 Å². The normalized spacial score (nSPS) is 16.0. The Labute approximate surface area is 157 Å². The number of nitrogens with zero attached hydrogens (tertiary/aromatic N) is 2. The smallest absolute Gasteiger partial charge is 0.253 e. The Balaban J connectivity index is 1.88. The third-order valence-electron chi connectivity index (χ3n) is 4.66. The summed E-state index contributed by atoms with van der Waals surface area (Å²) in [5.74, 6) is 0.245. The molecule has 8 nitrogen and oxygen atoms in total. The van der Waals surface area contributed by atoms with Gasteiger partial charge in [0.15, 0.2) is 0 Å². The van der Waals surface area contributed by atoms with Crippen LogP contribution in [0.1, 0.15) is 55.3 Å². The standard InChI is InChI=1S/C19H25N5O3/c1-11(20)18(25)23-16-10-13(17-21-12(2)27-24-17)8-9-15(16)19(26)22-14-6-4-3-5-7-14/h8-11,14H,3-7,20H2,1-2H3,(H,22,26)(H,23,25). The molecule has 4 N–H and O–H groups in total. The molecule has 1 aromatic carbocycles.